The minimum Gasteiger partial charge on any atom is -0.462 e. The summed E-state index contributed by atoms with van der Waals surface area (Å²) in [6, 6.07) is 14.1. The summed E-state index contributed by atoms with van der Waals surface area (Å²) in [5, 5.41) is 5.53. The number of anilines is 2. The molecule has 1 aromatic heterocycles. The van der Waals surface area contributed by atoms with Crippen LogP contribution in [0.1, 0.15) is 42.5 Å². The van der Waals surface area contributed by atoms with Crippen LogP contribution in [-0.4, -0.2) is 80.0 Å². The lowest BCUT2D eigenvalue weighted by atomic mass is 9.99. The molecule has 3 aliphatic heterocycles. The number of nitrogens with one attached hydrogen (secondary N) is 1. The van der Waals surface area contributed by atoms with Crippen molar-refractivity contribution in [1.29, 1.82) is 0 Å². The number of methoxy groups -OCH3 is 1. The van der Waals surface area contributed by atoms with Crippen LogP contribution >= 0.6 is 0 Å². The van der Waals surface area contributed by atoms with Gasteiger partial charge >= 0.3 is 12.1 Å². The Bertz CT molecular complexity index is 1370. The largest absolute Gasteiger partial charge is 0.462 e. The average Bonchev–Trinajstić information content (AvgIpc) is 3.40. The van der Waals surface area contributed by atoms with E-state index in [2.05, 4.69) is 70.4 Å². The van der Waals surface area contributed by atoms with Crippen LogP contribution in [0.5, 0.6) is 6.01 Å². The molecule has 0 spiro atoms. The Hall–Kier alpha value is -3.59. The van der Waals surface area contributed by atoms with E-state index in [0.29, 0.717) is 18.7 Å². The number of alkyl carbamates (subject to hydrolysis) is 1. The number of likely N-dealkylation sites (N-methyl/N-ethyl adjacent to an activating group) is 1. The number of aryl methyl sites for hydroxylation is 1. The zero-order valence-electron chi connectivity index (χ0n) is 23.9. The number of hydrogen-bond donors (Lipinski definition) is 1. The lowest BCUT2D eigenvalue weighted by Gasteiger charge is -2.37. The Morgan fingerprint density at radius 2 is 1.82 bits per heavy atom. The van der Waals surface area contributed by atoms with Crippen LogP contribution in [0.2, 0.25) is 0 Å². The van der Waals surface area contributed by atoms with Gasteiger partial charge in [0.1, 0.15) is 12.4 Å². The molecule has 3 aliphatic rings. The summed E-state index contributed by atoms with van der Waals surface area (Å²) in [5.41, 5.74) is 4.81. The molecule has 0 bridgehead atoms. The Morgan fingerprint density at radius 3 is 2.58 bits per heavy atom. The van der Waals surface area contributed by atoms with Crippen LogP contribution in [0, 0.1) is 6.92 Å². The number of aromatic nitrogens is 2. The van der Waals surface area contributed by atoms with Gasteiger partial charge in [0.15, 0.2) is 0 Å². The lowest BCUT2D eigenvalue weighted by molar-refractivity contribution is 0.164. The third-order valence-corrected chi connectivity index (χ3v) is 8.83. The normalized spacial score (nSPS) is 20.0. The number of benzene rings is 2. The minimum atomic E-state index is -0.366. The lowest BCUT2D eigenvalue weighted by Crippen LogP contribution is -2.45. The summed E-state index contributed by atoms with van der Waals surface area (Å²) < 4.78 is 11.1. The topological polar surface area (TPSA) is 83.1 Å². The van der Waals surface area contributed by atoms with Crippen molar-refractivity contribution in [2.45, 2.75) is 57.7 Å². The monoisotopic (exact) mass is 544 g/mol. The molecule has 3 aromatic rings. The maximum Gasteiger partial charge on any atom is 0.407 e. The van der Waals surface area contributed by atoms with Crippen molar-refractivity contribution in [3.8, 4) is 6.01 Å². The van der Waals surface area contributed by atoms with Crippen molar-refractivity contribution in [3.63, 3.8) is 0 Å². The second-order valence-corrected chi connectivity index (χ2v) is 11.4. The van der Waals surface area contributed by atoms with E-state index >= 15 is 0 Å². The minimum absolute atomic E-state index is 0.111. The molecule has 6 rings (SSSR count). The molecule has 2 fully saturated rings. The third kappa shape index (κ3) is 5.39. The molecule has 0 saturated carbocycles. The number of piperidine rings is 1. The van der Waals surface area contributed by atoms with E-state index in [-0.39, 0.29) is 12.1 Å². The number of amides is 1. The number of rotatable bonds is 6. The van der Waals surface area contributed by atoms with Gasteiger partial charge in [-0.15, -0.1) is 0 Å². The SMILES string of the molecule is COC(=O)NC1CCN(c2nc(OC[C@@H]3CCCN3C)nc3c2CCN(c2cccc4cccc(C)c24)C3)CC1. The van der Waals surface area contributed by atoms with E-state index in [1.54, 1.807) is 0 Å². The average molecular weight is 545 g/mol. The van der Waals surface area contributed by atoms with E-state index in [0.717, 1.165) is 69.9 Å². The summed E-state index contributed by atoms with van der Waals surface area (Å²) in [5.74, 6) is 0.991. The highest BCUT2D eigenvalue weighted by Gasteiger charge is 2.30. The highest BCUT2D eigenvalue weighted by molar-refractivity contribution is 5.97. The summed E-state index contributed by atoms with van der Waals surface area (Å²) in [4.78, 5) is 28.9. The maximum absolute atomic E-state index is 11.7. The van der Waals surface area contributed by atoms with E-state index < -0.39 is 0 Å². The van der Waals surface area contributed by atoms with E-state index in [1.807, 2.05) is 0 Å². The first-order valence-corrected chi connectivity index (χ1v) is 14.6. The summed E-state index contributed by atoms with van der Waals surface area (Å²) in [6.07, 6.45) is 4.54. The molecule has 1 amide bonds. The van der Waals surface area contributed by atoms with Crippen molar-refractivity contribution in [2.24, 2.45) is 0 Å². The first-order valence-electron chi connectivity index (χ1n) is 14.6. The number of carbonyl (C=O) groups excluding carboxylic acids is 1. The van der Waals surface area contributed by atoms with Gasteiger partial charge in [0, 0.05) is 48.4 Å². The molecule has 0 unspecified atom stereocenters. The maximum atomic E-state index is 11.7. The Morgan fingerprint density at radius 1 is 1.02 bits per heavy atom. The molecule has 9 nitrogen and oxygen atoms in total. The number of likely N-dealkylation sites (tertiary alicyclic amines) is 1. The zero-order chi connectivity index (χ0) is 27.6. The fourth-order valence-corrected chi connectivity index (χ4v) is 6.51. The number of fused-ring (bicyclic) bond motifs is 2. The molecule has 1 atom stereocenters. The molecule has 1 N–H and O–H groups in total. The summed E-state index contributed by atoms with van der Waals surface area (Å²) in [7, 11) is 3.57. The summed E-state index contributed by atoms with van der Waals surface area (Å²) >= 11 is 0. The van der Waals surface area contributed by atoms with E-state index in [4.69, 9.17) is 19.4 Å². The molecule has 0 aliphatic carbocycles. The van der Waals surface area contributed by atoms with E-state index in [1.165, 1.54) is 41.1 Å². The van der Waals surface area contributed by atoms with Gasteiger partial charge in [-0.05, 0) is 69.6 Å². The molecule has 4 heterocycles. The van der Waals surface area contributed by atoms with Crippen molar-refractivity contribution in [3.05, 3.63) is 53.2 Å². The highest BCUT2D eigenvalue weighted by Crippen LogP contribution is 2.36. The van der Waals surface area contributed by atoms with Crippen LogP contribution in [0.25, 0.3) is 10.8 Å². The van der Waals surface area contributed by atoms with Gasteiger partial charge < -0.3 is 29.5 Å². The smallest absolute Gasteiger partial charge is 0.407 e. The summed E-state index contributed by atoms with van der Waals surface area (Å²) in [6.45, 7) is 7.16. The predicted molar refractivity (Wildman–Crippen MR) is 157 cm³/mol. The molecular formula is C31H40N6O3. The Kier molecular flexibility index (Phi) is 7.65. The van der Waals surface area contributed by atoms with Crippen LogP contribution < -0.4 is 19.9 Å². The van der Waals surface area contributed by atoms with Crippen LogP contribution in [-0.2, 0) is 17.7 Å². The standard InChI is InChI=1S/C31H40N6O3/c1-21-7-4-8-22-9-5-11-27(28(21)22)37-18-14-25-26(19-37)33-30(40-20-24-10-6-15-35(24)2)34-29(25)36-16-12-23(13-17-36)32-31(38)39-3/h4-5,7-9,11,23-24H,6,10,12-20H2,1-3H3,(H,32,38)/t24-/m0/s1. The highest BCUT2D eigenvalue weighted by atomic mass is 16.5. The second-order valence-electron chi connectivity index (χ2n) is 11.4. The predicted octanol–water partition coefficient (Wildman–Crippen LogP) is 4.30. The van der Waals surface area contributed by atoms with Gasteiger partial charge in [-0.3, -0.25) is 0 Å². The second kappa shape index (κ2) is 11.5. The van der Waals surface area contributed by atoms with Crippen LogP contribution in [0.15, 0.2) is 36.4 Å². The molecule has 9 heteroatoms. The third-order valence-electron chi connectivity index (χ3n) is 8.83. The number of ether oxygens (including phenoxy) is 2. The fourth-order valence-electron chi connectivity index (χ4n) is 6.51. The molecule has 2 aromatic carbocycles. The van der Waals surface area contributed by atoms with Gasteiger partial charge in [-0.25, -0.2) is 4.79 Å². The van der Waals surface area contributed by atoms with Crippen molar-refractivity contribution in [1.82, 2.24) is 20.2 Å². The van der Waals surface area contributed by atoms with Crippen molar-refractivity contribution >= 4 is 28.4 Å². The van der Waals surface area contributed by atoms with Crippen molar-refractivity contribution < 1.29 is 14.3 Å². The quantitative estimate of drug-likeness (QED) is 0.492. The molecule has 0 radical (unpaired) electrons. The molecular weight excluding hydrogens is 504 g/mol. The van der Waals surface area contributed by atoms with E-state index in [9.17, 15) is 4.79 Å². The Labute approximate surface area is 236 Å². The number of hydrogen-bond acceptors (Lipinski definition) is 8. The van der Waals surface area contributed by atoms with Crippen LogP contribution in [0.4, 0.5) is 16.3 Å². The molecule has 212 valence electrons. The molecule has 40 heavy (non-hydrogen) atoms. The first kappa shape index (κ1) is 26.6. The van der Waals surface area contributed by atoms with Gasteiger partial charge in [0.05, 0.1) is 19.3 Å². The fraction of sp³-hybridized carbons (Fsp3) is 0.516. The Balaban J connectivity index is 1.28. The van der Waals surface area contributed by atoms with Gasteiger partial charge in [-0.1, -0.05) is 30.3 Å². The van der Waals surface area contributed by atoms with Gasteiger partial charge in [0.25, 0.3) is 0 Å². The van der Waals surface area contributed by atoms with Crippen LogP contribution in [0.3, 0.4) is 0 Å². The zero-order valence-corrected chi connectivity index (χ0v) is 23.9. The van der Waals surface area contributed by atoms with Gasteiger partial charge in [-0.2, -0.15) is 9.97 Å². The molecule has 2 saturated heterocycles. The van der Waals surface area contributed by atoms with Gasteiger partial charge in [0.2, 0.25) is 0 Å². The first-order chi connectivity index (χ1) is 19.5. The number of nitrogens with zero attached hydrogens (tertiary/aromatic N) is 5. The number of carbonyl (C=O) groups is 1. The van der Waals surface area contributed by atoms with Crippen molar-refractivity contribution in [2.75, 3.05) is 56.7 Å².